The zero-order chi connectivity index (χ0) is 13.7. The van der Waals surface area contributed by atoms with Gasteiger partial charge in [-0.2, -0.15) is 0 Å². The van der Waals surface area contributed by atoms with Crippen LogP contribution in [-0.4, -0.2) is 21.9 Å². The molecule has 0 aliphatic rings. The molecule has 1 aromatic rings. The van der Waals surface area contributed by atoms with Gasteiger partial charge in [-0.15, -0.1) is 0 Å². The van der Waals surface area contributed by atoms with Gasteiger partial charge in [0.05, 0.1) is 15.7 Å². The van der Waals surface area contributed by atoms with Crippen LogP contribution in [0.1, 0.15) is 20.3 Å². The van der Waals surface area contributed by atoms with Crippen molar-refractivity contribution < 1.29 is 9.00 Å². The lowest BCUT2D eigenvalue weighted by atomic mass is 10.3. The second-order valence-corrected chi connectivity index (χ2v) is 6.38. The van der Waals surface area contributed by atoms with Crippen LogP contribution in [0.3, 0.4) is 0 Å². The van der Waals surface area contributed by atoms with Crippen LogP contribution in [0.5, 0.6) is 0 Å². The molecule has 18 heavy (non-hydrogen) atoms. The lowest BCUT2D eigenvalue weighted by Gasteiger charge is -2.11. The summed E-state index contributed by atoms with van der Waals surface area (Å²) in [4.78, 5) is 12.1. The number of carbonyl (C=O) groups is 1. The minimum absolute atomic E-state index is 0.0594. The van der Waals surface area contributed by atoms with Crippen LogP contribution < -0.4 is 11.1 Å². The summed E-state index contributed by atoms with van der Waals surface area (Å²) in [5.74, 6) is -0.277. The highest BCUT2D eigenvalue weighted by atomic mass is 79.9. The molecule has 4 nitrogen and oxygen atoms in total. The van der Waals surface area contributed by atoms with E-state index in [2.05, 4.69) is 21.2 Å². The molecule has 1 amide bonds. The molecule has 1 aromatic carbocycles. The van der Waals surface area contributed by atoms with E-state index >= 15 is 0 Å². The topological polar surface area (TPSA) is 72.2 Å². The third kappa shape index (κ3) is 4.42. The van der Waals surface area contributed by atoms with E-state index in [0.29, 0.717) is 10.6 Å². The van der Waals surface area contributed by atoms with E-state index in [-0.39, 0.29) is 17.7 Å². The molecule has 0 saturated heterocycles. The van der Waals surface area contributed by atoms with Crippen molar-refractivity contribution in [3.8, 4) is 0 Å². The Hall–Kier alpha value is -0.880. The Morgan fingerprint density at radius 3 is 2.78 bits per heavy atom. The molecule has 0 aliphatic heterocycles. The minimum Gasteiger partial charge on any atom is -0.398 e. The lowest BCUT2D eigenvalue weighted by molar-refractivity contribution is -0.119. The van der Waals surface area contributed by atoms with Gasteiger partial charge in [0.15, 0.2) is 0 Å². The number of rotatable bonds is 5. The molecule has 2 unspecified atom stereocenters. The van der Waals surface area contributed by atoms with Crippen LogP contribution in [0.15, 0.2) is 27.6 Å². The number of amides is 1. The van der Waals surface area contributed by atoms with E-state index in [4.69, 9.17) is 5.73 Å². The summed E-state index contributed by atoms with van der Waals surface area (Å²) in [5, 5.41) is 2.78. The Morgan fingerprint density at radius 1 is 1.56 bits per heavy atom. The van der Waals surface area contributed by atoms with E-state index in [1.54, 1.807) is 18.2 Å². The van der Waals surface area contributed by atoms with Crippen LogP contribution >= 0.6 is 15.9 Å². The van der Waals surface area contributed by atoms with Gasteiger partial charge in [-0.25, -0.2) is 0 Å². The molecule has 6 heteroatoms. The second-order valence-electron chi connectivity index (χ2n) is 4.05. The first-order chi connectivity index (χ1) is 8.43. The average molecular weight is 333 g/mol. The van der Waals surface area contributed by atoms with Crippen molar-refractivity contribution in [2.75, 3.05) is 11.5 Å². The number of nitrogens with one attached hydrogen (secondary N) is 1. The summed E-state index contributed by atoms with van der Waals surface area (Å²) in [7, 11) is -1.41. The highest BCUT2D eigenvalue weighted by Crippen LogP contribution is 2.21. The van der Waals surface area contributed by atoms with Gasteiger partial charge in [0.25, 0.3) is 0 Å². The average Bonchev–Trinajstić information content (AvgIpc) is 2.28. The molecule has 100 valence electrons. The first-order valence-corrected chi connectivity index (χ1v) is 7.78. The minimum atomic E-state index is -1.41. The van der Waals surface area contributed by atoms with Crippen LogP contribution in [0, 0.1) is 0 Å². The molecule has 0 fully saturated rings. The standard InChI is InChI=1S/C12H17BrN2O2S/c1-3-8(2)15-12(16)7-18(17)11-5-4-9(13)6-10(11)14/h4-6,8H,3,7,14H2,1-2H3,(H,15,16). The summed E-state index contributed by atoms with van der Waals surface area (Å²) < 4.78 is 12.8. The van der Waals surface area contributed by atoms with Crippen molar-refractivity contribution in [3.63, 3.8) is 0 Å². The Bertz CT molecular complexity index is 465. The summed E-state index contributed by atoms with van der Waals surface area (Å²) in [6.07, 6.45) is 0.846. The van der Waals surface area contributed by atoms with Crippen molar-refractivity contribution in [1.29, 1.82) is 0 Å². The molecule has 0 spiro atoms. The summed E-state index contributed by atoms with van der Waals surface area (Å²) in [6.45, 7) is 3.89. The maximum atomic E-state index is 12.0. The van der Waals surface area contributed by atoms with E-state index in [1.807, 2.05) is 13.8 Å². The van der Waals surface area contributed by atoms with Gasteiger partial charge in [0.2, 0.25) is 5.91 Å². The van der Waals surface area contributed by atoms with Gasteiger partial charge in [-0.05, 0) is 31.5 Å². The third-order valence-electron chi connectivity index (χ3n) is 2.50. The maximum Gasteiger partial charge on any atom is 0.233 e. The van der Waals surface area contributed by atoms with E-state index in [9.17, 15) is 9.00 Å². The van der Waals surface area contributed by atoms with Gasteiger partial charge in [-0.1, -0.05) is 22.9 Å². The molecule has 0 bridgehead atoms. The first-order valence-electron chi connectivity index (χ1n) is 5.66. The predicted octanol–water partition coefficient (Wildman–Crippen LogP) is 2.05. The fourth-order valence-electron chi connectivity index (χ4n) is 1.34. The third-order valence-corrected chi connectivity index (χ3v) is 4.38. The number of nitrogen functional groups attached to an aromatic ring is 1. The Kier molecular flexibility index (Phi) is 5.81. The molecule has 0 aliphatic carbocycles. The fraction of sp³-hybridized carbons (Fsp3) is 0.417. The van der Waals surface area contributed by atoms with Crippen molar-refractivity contribution in [2.45, 2.75) is 31.2 Å². The molecule has 2 atom stereocenters. The predicted molar refractivity (Wildman–Crippen MR) is 77.7 cm³/mol. The highest BCUT2D eigenvalue weighted by molar-refractivity contribution is 9.10. The smallest absolute Gasteiger partial charge is 0.233 e. The number of halogens is 1. The largest absolute Gasteiger partial charge is 0.398 e. The summed E-state index contributed by atoms with van der Waals surface area (Å²) >= 11 is 3.28. The molecule has 0 aromatic heterocycles. The molecule has 3 N–H and O–H groups in total. The maximum absolute atomic E-state index is 12.0. The van der Waals surface area contributed by atoms with Crippen molar-refractivity contribution in [2.24, 2.45) is 0 Å². The van der Waals surface area contributed by atoms with E-state index < -0.39 is 10.8 Å². The first kappa shape index (κ1) is 15.2. The Balaban J connectivity index is 2.68. The van der Waals surface area contributed by atoms with Gasteiger partial charge in [0, 0.05) is 16.2 Å². The van der Waals surface area contributed by atoms with Crippen molar-refractivity contribution >= 4 is 38.3 Å². The number of hydrogen-bond donors (Lipinski definition) is 2. The van der Waals surface area contributed by atoms with Crippen LogP contribution in [0.4, 0.5) is 5.69 Å². The zero-order valence-corrected chi connectivity index (χ0v) is 12.8. The van der Waals surface area contributed by atoms with Gasteiger partial charge in [-0.3, -0.25) is 9.00 Å². The lowest BCUT2D eigenvalue weighted by Crippen LogP contribution is -2.35. The van der Waals surface area contributed by atoms with Crippen LogP contribution in [-0.2, 0) is 15.6 Å². The van der Waals surface area contributed by atoms with Crippen molar-refractivity contribution in [3.05, 3.63) is 22.7 Å². The number of nitrogens with two attached hydrogens (primary N) is 1. The van der Waals surface area contributed by atoms with Crippen molar-refractivity contribution in [1.82, 2.24) is 5.32 Å². The molecule has 0 radical (unpaired) electrons. The normalized spacial score (nSPS) is 13.9. The second kappa shape index (κ2) is 6.89. The van der Waals surface area contributed by atoms with E-state index in [1.165, 1.54) is 0 Å². The number of anilines is 1. The van der Waals surface area contributed by atoms with Gasteiger partial charge < -0.3 is 11.1 Å². The van der Waals surface area contributed by atoms with Gasteiger partial charge >= 0.3 is 0 Å². The summed E-state index contributed by atoms with van der Waals surface area (Å²) in [6, 6.07) is 5.21. The monoisotopic (exact) mass is 332 g/mol. The fourth-order valence-corrected chi connectivity index (χ4v) is 2.74. The number of hydrogen-bond acceptors (Lipinski definition) is 3. The molecule has 0 heterocycles. The highest BCUT2D eigenvalue weighted by Gasteiger charge is 2.14. The number of carbonyl (C=O) groups excluding carboxylic acids is 1. The van der Waals surface area contributed by atoms with Crippen LogP contribution in [0.25, 0.3) is 0 Å². The van der Waals surface area contributed by atoms with Crippen LogP contribution in [0.2, 0.25) is 0 Å². The molecule has 0 saturated carbocycles. The van der Waals surface area contributed by atoms with E-state index in [0.717, 1.165) is 10.9 Å². The SMILES string of the molecule is CCC(C)NC(=O)CS(=O)c1ccc(Br)cc1N. The Morgan fingerprint density at radius 2 is 2.22 bits per heavy atom. The molecular formula is C12H17BrN2O2S. The molecular weight excluding hydrogens is 316 g/mol. The number of benzene rings is 1. The molecule has 1 rings (SSSR count). The van der Waals surface area contributed by atoms with Gasteiger partial charge in [0.1, 0.15) is 5.75 Å². The Labute approximate surface area is 118 Å². The zero-order valence-electron chi connectivity index (χ0n) is 10.4. The summed E-state index contributed by atoms with van der Waals surface area (Å²) in [5.41, 5.74) is 6.20. The quantitative estimate of drug-likeness (QED) is 0.810.